The van der Waals surface area contributed by atoms with Gasteiger partial charge in [-0.25, -0.2) is 4.79 Å². The maximum absolute atomic E-state index is 12.7. The molecule has 0 aliphatic carbocycles. The maximum Gasteiger partial charge on any atom is 0.326 e. The minimum Gasteiger partial charge on any atom is -0.480 e. The first-order chi connectivity index (χ1) is 12.5. The number of carboxylic acid groups (broad SMARTS) is 1. The van der Waals surface area contributed by atoms with E-state index in [9.17, 15) is 19.5 Å². The molecule has 2 N–H and O–H groups in total. The molecule has 0 saturated carbocycles. The van der Waals surface area contributed by atoms with Gasteiger partial charge in [-0.05, 0) is 38.7 Å². The molecule has 150 valence electrons. The molecular weight excluding hydrogens is 346 g/mol. The van der Waals surface area contributed by atoms with Crippen molar-refractivity contribution in [2.24, 2.45) is 11.8 Å². The molecule has 1 amide bonds. The Balaban J connectivity index is 2.82. The molecular formula is C21H31NO5. The Morgan fingerprint density at radius 3 is 2.19 bits per heavy atom. The van der Waals surface area contributed by atoms with Crippen molar-refractivity contribution in [3.8, 4) is 0 Å². The number of nitrogens with one attached hydrogen (secondary N) is 1. The molecule has 0 aliphatic heterocycles. The van der Waals surface area contributed by atoms with Gasteiger partial charge in [-0.15, -0.1) is 0 Å². The van der Waals surface area contributed by atoms with E-state index in [1.807, 2.05) is 44.2 Å². The predicted octanol–water partition coefficient (Wildman–Crippen LogP) is 3.19. The fourth-order valence-electron chi connectivity index (χ4n) is 2.78. The normalized spacial score (nSPS) is 13.7. The van der Waals surface area contributed by atoms with Crippen LogP contribution in [0.2, 0.25) is 0 Å². The molecule has 0 spiro atoms. The van der Waals surface area contributed by atoms with Crippen LogP contribution in [-0.2, 0) is 25.5 Å². The second-order valence-corrected chi connectivity index (χ2v) is 8.21. The van der Waals surface area contributed by atoms with Crippen molar-refractivity contribution in [2.75, 3.05) is 0 Å². The van der Waals surface area contributed by atoms with Crippen molar-refractivity contribution < 1.29 is 24.2 Å². The number of carbonyl (C=O) groups is 3. The van der Waals surface area contributed by atoms with Gasteiger partial charge in [0.25, 0.3) is 0 Å². The minimum absolute atomic E-state index is 0.0705. The highest BCUT2D eigenvalue weighted by molar-refractivity contribution is 5.87. The summed E-state index contributed by atoms with van der Waals surface area (Å²) in [6.07, 6.45) is 0.588. The van der Waals surface area contributed by atoms with Crippen molar-refractivity contribution in [3.05, 3.63) is 35.9 Å². The van der Waals surface area contributed by atoms with Crippen LogP contribution in [-0.4, -0.2) is 34.6 Å². The van der Waals surface area contributed by atoms with Crippen LogP contribution in [0.15, 0.2) is 30.3 Å². The molecule has 0 unspecified atom stereocenters. The number of aliphatic carboxylic acids is 1. The van der Waals surface area contributed by atoms with Crippen LogP contribution in [0.5, 0.6) is 0 Å². The highest BCUT2D eigenvalue weighted by atomic mass is 16.6. The number of hydrogen-bond acceptors (Lipinski definition) is 4. The lowest BCUT2D eigenvalue weighted by molar-refractivity contribution is -0.157. The number of ether oxygens (including phenoxy) is 1. The fraction of sp³-hybridized carbons (Fsp3) is 0.571. The number of hydrogen-bond donors (Lipinski definition) is 2. The monoisotopic (exact) mass is 377 g/mol. The molecule has 0 heterocycles. The van der Waals surface area contributed by atoms with Gasteiger partial charge in [0.2, 0.25) is 5.91 Å². The molecule has 6 nitrogen and oxygen atoms in total. The summed E-state index contributed by atoms with van der Waals surface area (Å²) >= 11 is 0. The van der Waals surface area contributed by atoms with E-state index in [2.05, 4.69) is 5.32 Å². The third kappa shape index (κ3) is 9.22. The third-order valence-electron chi connectivity index (χ3n) is 3.86. The summed E-state index contributed by atoms with van der Waals surface area (Å²) in [5.41, 5.74) is 0.185. The average molecular weight is 377 g/mol. The summed E-state index contributed by atoms with van der Waals surface area (Å²) in [6.45, 7) is 9.20. The van der Waals surface area contributed by atoms with E-state index < -0.39 is 35.4 Å². The number of carboxylic acids is 1. The second kappa shape index (κ2) is 10.1. The lowest BCUT2D eigenvalue weighted by Crippen LogP contribution is -2.45. The van der Waals surface area contributed by atoms with Gasteiger partial charge in [-0.3, -0.25) is 9.59 Å². The van der Waals surface area contributed by atoms with E-state index in [1.54, 1.807) is 20.8 Å². The molecule has 0 bridgehead atoms. The van der Waals surface area contributed by atoms with Gasteiger partial charge in [0, 0.05) is 12.3 Å². The van der Waals surface area contributed by atoms with Gasteiger partial charge >= 0.3 is 11.9 Å². The summed E-state index contributed by atoms with van der Waals surface area (Å²) in [7, 11) is 0. The lowest BCUT2D eigenvalue weighted by atomic mass is 9.92. The Kier molecular flexibility index (Phi) is 8.47. The molecule has 1 aromatic carbocycles. The van der Waals surface area contributed by atoms with Gasteiger partial charge in [0.15, 0.2) is 0 Å². The Hall–Kier alpha value is -2.37. The van der Waals surface area contributed by atoms with Gasteiger partial charge in [-0.2, -0.15) is 0 Å². The van der Waals surface area contributed by atoms with E-state index in [0.29, 0.717) is 6.42 Å². The number of esters is 1. The molecule has 1 aromatic rings. The van der Waals surface area contributed by atoms with Crippen molar-refractivity contribution in [3.63, 3.8) is 0 Å². The zero-order chi connectivity index (χ0) is 20.6. The van der Waals surface area contributed by atoms with Crippen LogP contribution in [0.25, 0.3) is 0 Å². The third-order valence-corrected chi connectivity index (χ3v) is 3.86. The number of carbonyl (C=O) groups excluding carboxylic acids is 2. The van der Waals surface area contributed by atoms with Crippen molar-refractivity contribution in [1.82, 2.24) is 5.32 Å². The second-order valence-electron chi connectivity index (χ2n) is 8.21. The van der Waals surface area contributed by atoms with E-state index in [4.69, 9.17) is 4.74 Å². The Bertz CT molecular complexity index is 634. The Labute approximate surface area is 161 Å². The van der Waals surface area contributed by atoms with E-state index >= 15 is 0 Å². The number of rotatable bonds is 9. The highest BCUT2D eigenvalue weighted by Gasteiger charge is 2.29. The standard InChI is InChI=1S/C21H31NO5/c1-14(2)11-16(13-18(23)27-21(3,4)5)19(24)22-17(20(25)26)12-15-9-7-6-8-10-15/h6-10,14,16-17H,11-13H2,1-5H3,(H,22,24)(H,25,26)/t16-,17+/m1/s1. The van der Waals surface area contributed by atoms with Crippen LogP contribution in [0, 0.1) is 11.8 Å². The molecule has 0 fully saturated rings. The van der Waals surface area contributed by atoms with Crippen molar-refractivity contribution >= 4 is 17.8 Å². The number of benzene rings is 1. The van der Waals surface area contributed by atoms with E-state index in [1.165, 1.54) is 0 Å². The quantitative estimate of drug-likeness (QED) is 0.645. The molecule has 0 saturated heterocycles. The minimum atomic E-state index is -1.10. The summed E-state index contributed by atoms with van der Waals surface area (Å²) in [5, 5.41) is 12.1. The summed E-state index contributed by atoms with van der Waals surface area (Å²) in [6, 6.07) is 8.06. The first-order valence-electron chi connectivity index (χ1n) is 9.27. The SMILES string of the molecule is CC(C)C[C@H](CC(=O)OC(C)(C)C)C(=O)N[C@@H](Cc1ccccc1)C(=O)O. The molecule has 0 aliphatic rings. The van der Waals surface area contributed by atoms with Crippen molar-refractivity contribution in [2.45, 2.75) is 65.5 Å². The average Bonchev–Trinajstić information content (AvgIpc) is 2.52. The lowest BCUT2D eigenvalue weighted by Gasteiger charge is -2.24. The Morgan fingerprint density at radius 2 is 1.70 bits per heavy atom. The van der Waals surface area contributed by atoms with E-state index in [0.717, 1.165) is 5.56 Å². The zero-order valence-corrected chi connectivity index (χ0v) is 16.8. The first-order valence-corrected chi connectivity index (χ1v) is 9.27. The highest BCUT2D eigenvalue weighted by Crippen LogP contribution is 2.19. The van der Waals surface area contributed by atoms with Gasteiger partial charge in [-0.1, -0.05) is 44.2 Å². The van der Waals surface area contributed by atoms with Crippen LogP contribution in [0.4, 0.5) is 0 Å². The topological polar surface area (TPSA) is 92.7 Å². The first kappa shape index (κ1) is 22.7. The van der Waals surface area contributed by atoms with Crippen LogP contribution in [0.1, 0.15) is 53.0 Å². The molecule has 0 aromatic heterocycles. The summed E-state index contributed by atoms with van der Waals surface area (Å²) in [5.74, 6) is -2.44. The Morgan fingerprint density at radius 1 is 1.11 bits per heavy atom. The van der Waals surface area contributed by atoms with Crippen LogP contribution >= 0.6 is 0 Å². The van der Waals surface area contributed by atoms with Crippen LogP contribution in [0.3, 0.4) is 0 Å². The maximum atomic E-state index is 12.7. The summed E-state index contributed by atoms with van der Waals surface area (Å²) in [4.78, 5) is 36.4. The van der Waals surface area contributed by atoms with Crippen molar-refractivity contribution in [1.29, 1.82) is 0 Å². The zero-order valence-electron chi connectivity index (χ0n) is 16.8. The smallest absolute Gasteiger partial charge is 0.326 e. The summed E-state index contributed by atoms with van der Waals surface area (Å²) < 4.78 is 5.31. The van der Waals surface area contributed by atoms with Gasteiger partial charge in [0.1, 0.15) is 11.6 Å². The molecule has 2 atom stereocenters. The molecule has 27 heavy (non-hydrogen) atoms. The van der Waals surface area contributed by atoms with Crippen LogP contribution < -0.4 is 5.32 Å². The molecule has 6 heteroatoms. The molecule has 1 rings (SSSR count). The fourth-order valence-corrected chi connectivity index (χ4v) is 2.78. The largest absolute Gasteiger partial charge is 0.480 e. The van der Waals surface area contributed by atoms with Gasteiger partial charge < -0.3 is 15.2 Å². The number of amides is 1. The molecule has 0 radical (unpaired) electrons. The predicted molar refractivity (Wildman–Crippen MR) is 103 cm³/mol. The van der Waals surface area contributed by atoms with E-state index in [-0.39, 0.29) is 18.8 Å². The van der Waals surface area contributed by atoms with Gasteiger partial charge in [0.05, 0.1) is 6.42 Å².